The summed E-state index contributed by atoms with van der Waals surface area (Å²) in [6.07, 6.45) is 0. The molecule has 0 aliphatic heterocycles. The zero-order valence-electron chi connectivity index (χ0n) is 13.6. The van der Waals surface area contributed by atoms with E-state index in [0.29, 0.717) is 33.4 Å². The molecule has 0 saturated heterocycles. The number of thiazole rings is 1. The number of aromatic nitrogens is 1. The number of ether oxygens (including phenoxy) is 1. The first kappa shape index (κ1) is 17.4. The Kier molecular flexibility index (Phi) is 5.01. The highest BCUT2D eigenvalue weighted by molar-refractivity contribution is 7.22. The van der Waals surface area contributed by atoms with E-state index in [1.807, 2.05) is 13.0 Å². The SMILES string of the molecule is CCOC(=O)c1ccc2nc(NC(=O)c3ccc(C)cc3Cl)sc2c1. The quantitative estimate of drug-likeness (QED) is 0.673. The maximum Gasteiger partial charge on any atom is 0.338 e. The molecule has 3 aromatic rings. The number of carbonyl (C=O) groups is 2. The van der Waals surface area contributed by atoms with Crippen molar-refractivity contribution in [2.75, 3.05) is 11.9 Å². The zero-order valence-corrected chi connectivity index (χ0v) is 15.2. The van der Waals surface area contributed by atoms with E-state index in [1.165, 1.54) is 11.3 Å². The van der Waals surface area contributed by atoms with Crippen molar-refractivity contribution in [1.29, 1.82) is 0 Å². The predicted molar refractivity (Wildman–Crippen MR) is 99.7 cm³/mol. The van der Waals surface area contributed by atoms with Crippen LogP contribution in [0.25, 0.3) is 10.2 Å². The monoisotopic (exact) mass is 374 g/mol. The van der Waals surface area contributed by atoms with Crippen LogP contribution in [0.1, 0.15) is 33.2 Å². The first-order valence-electron chi connectivity index (χ1n) is 7.63. The first-order chi connectivity index (χ1) is 12.0. The van der Waals surface area contributed by atoms with Crippen molar-refractivity contribution >= 4 is 50.2 Å². The molecule has 1 amide bonds. The molecule has 0 spiro atoms. The van der Waals surface area contributed by atoms with Gasteiger partial charge in [-0.15, -0.1) is 0 Å². The fraction of sp³-hybridized carbons (Fsp3) is 0.167. The van der Waals surface area contributed by atoms with Crippen LogP contribution in [-0.2, 0) is 4.74 Å². The van der Waals surface area contributed by atoms with Gasteiger partial charge in [-0.2, -0.15) is 0 Å². The average Bonchev–Trinajstić information content (AvgIpc) is 2.96. The Hall–Kier alpha value is -2.44. The Morgan fingerprint density at radius 2 is 2.04 bits per heavy atom. The topological polar surface area (TPSA) is 68.3 Å². The third-order valence-electron chi connectivity index (χ3n) is 3.49. The van der Waals surface area contributed by atoms with Gasteiger partial charge in [-0.3, -0.25) is 10.1 Å². The van der Waals surface area contributed by atoms with E-state index in [-0.39, 0.29) is 11.9 Å². The number of hydrogen-bond acceptors (Lipinski definition) is 5. The maximum atomic E-state index is 12.4. The molecule has 25 heavy (non-hydrogen) atoms. The van der Waals surface area contributed by atoms with Gasteiger partial charge in [-0.1, -0.05) is 29.0 Å². The van der Waals surface area contributed by atoms with Gasteiger partial charge >= 0.3 is 5.97 Å². The molecule has 1 aromatic heterocycles. The molecule has 0 aliphatic carbocycles. The Morgan fingerprint density at radius 3 is 2.76 bits per heavy atom. The minimum atomic E-state index is -0.380. The van der Waals surface area contributed by atoms with Crippen LogP contribution in [-0.4, -0.2) is 23.5 Å². The number of aryl methyl sites for hydroxylation is 1. The molecular weight excluding hydrogens is 360 g/mol. The number of nitrogens with zero attached hydrogens (tertiary/aromatic N) is 1. The van der Waals surface area contributed by atoms with Gasteiger partial charge in [0.25, 0.3) is 5.91 Å². The van der Waals surface area contributed by atoms with Crippen molar-refractivity contribution < 1.29 is 14.3 Å². The molecule has 0 unspecified atom stereocenters. The number of anilines is 1. The Balaban J connectivity index is 1.84. The fourth-order valence-corrected chi connectivity index (χ4v) is 3.51. The number of rotatable bonds is 4. The molecule has 0 aliphatic rings. The molecule has 1 heterocycles. The van der Waals surface area contributed by atoms with Crippen LogP contribution in [0.3, 0.4) is 0 Å². The Bertz CT molecular complexity index is 968. The molecule has 0 fully saturated rings. The second-order valence-corrected chi connectivity index (χ2v) is 6.80. The summed E-state index contributed by atoms with van der Waals surface area (Å²) in [4.78, 5) is 28.5. The highest BCUT2D eigenvalue weighted by Gasteiger charge is 2.14. The van der Waals surface area contributed by atoms with E-state index in [1.54, 1.807) is 37.3 Å². The second-order valence-electron chi connectivity index (χ2n) is 5.36. The fourth-order valence-electron chi connectivity index (χ4n) is 2.29. The standard InChI is InChI=1S/C18H15ClN2O3S/c1-3-24-17(23)11-5-7-14-15(9-11)25-18(20-14)21-16(22)12-6-4-10(2)8-13(12)19/h4-9H,3H2,1-2H3,(H,20,21,22). The van der Waals surface area contributed by atoms with Crippen molar-refractivity contribution in [3.05, 3.63) is 58.1 Å². The van der Waals surface area contributed by atoms with E-state index in [0.717, 1.165) is 10.3 Å². The normalized spacial score (nSPS) is 10.7. The third-order valence-corrected chi connectivity index (χ3v) is 4.74. The van der Waals surface area contributed by atoms with Crippen molar-refractivity contribution in [3.8, 4) is 0 Å². The van der Waals surface area contributed by atoms with E-state index in [2.05, 4.69) is 10.3 Å². The summed E-state index contributed by atoms with van der Waals surface area (Å²) in [5.74, 6) is -0.704. The van der Waals surface area contributed by atoms with E-state index in [9.17, 15) is 9.59 Å². The predicted octanol–water partition coefficient (Wildman–Crippen LogP) is 4.69. The van der Waals surface area contributed by atoms with Crippen LogP contribution >= 0.6 is 22.9 Å². The van der Waals surface area contributed by atoms with E-state index >= 15 is 0 Å². The molecule has 128 valence electrons. The molecule has 0 atom stereocenters. The molecule has 0 radical (unpaired) electrons. The average molecular weight is 375 g/mol. The van der Waals surface area contributed by atoms with Gasteiger partial charge in [0.15, 0.2) is 5.13 Å². The summed E-state index contributed by atoms with van der Waals surface area (Å²) in [6.45, 7) is 3.98. The Morgan fingerprint density at radius 1 is 1.24 bits per heavy atom. The van der Waals surface area contributed by atoms with Crippen LogP contribution in [0.4, 0.5) is 5.13 Å². The van der Waals surface area contributed by atoms with Gasteiger partial charge in [0, 0.05) is 0 Å². The number of nitrogens with one attached hydrogen (secondary N) is 1. The van der Waals surface area contributed by atoms with Crippen molar-refractivity contribution in [2.45, 2.75) is 13.8 Å². The second kappa shape index (κ2) is 7.21. The molecule has 2 aromatic carbocycles. The van der Waals surface area contributed by atoms with E-state index < -0.39 is 0 Å². The van der Waals surface area contributed by atoms with E-state index in [4.69, 9.17) is 16.3 Å². The lowest BCUT2D eigenvalue weighted by molar-refractivity contribution is 0.0526. The highest BCUT2D eigenvalue weighted by Crippen LogP contribution is 2.28. The number of benzene rings is 2. The third kappa shape index (κ3) is 3.81. The lowest BCUT2D eigenvalue weighted by atomic mass is 10.1. The van der Waals surface area contributed by atoms with Gasteiger partial charge in [0.05, 0.1) is 33.0 Å². The van der Waals surface area contributed by atoms with Crippen molar-refractivity contribution in [1.82, 2.24) is 4.98 Å². The summed E-state index contributed by atoms with van der Waals surface area (Å²) < 4.78 is 5.78. The molecule has 0 saturated carbocycles. The minimum Gasteiger partial charge on any atom is -0.462 e. The molecule has 7 heteroatoms. The van der Waals surface area contributed by atoms with Gasteiger partial charge < -0.3 is 4.74 Å². The Labute approximate surface area is 153 Å². The number of hydrogen-bond donors (Lipinski definition) is 1. The van der Waals surface area contributed by atoms with Gasteiger partial charge in [0.2, 0.25) is 0 Å². The summed E-state index contributed by atoms with van der Waals surface area (Å²) in [7, 11) is 0. The highest BCUT2D eigenvalue weighted by atomic mass is 35.5. The maximum absolute atomic E-state index is 12.4. The van der Waals surface area contributed by atoms with Crippen molar-refractivity contribution in [2.24, 2.45) is 0 Å². The molecule has 5 nitrogen and oxygen atoms in total. The number of fused-ring (bicyclic) bond motifs is 1. The summed E-state index contributed by atoms with van der Waals surface area (Å²) in [6, 6.07) is 10.3. The van der Waals surface area contributed by atoms with Gasteiger partial charge in [-0.25, -0.2) is 9.78 Å². The summed E-state index contributed by atoms with van der Waals surface area (Å²) in [5.41, 5.74) is 2.52. The van der Waals surface area contributed by atoms with Crippen LogP contribution in [0, 0.1) is 6.92 Å². The number of carbonyl (C=O) groups excluding carboxylic acids is 2. The van der Waals surface area contributed by atoms with Crippen LogP contribution < -0.4 is 5.32 Å². The molecule has 1 N–H and O–H groups in total. The molecular formula is C18H15ClN2O3S. The lowest BCUT2D eigenvalue weighted by Crippen LogP contribution is -2.12. The minimum absolute atomic E-state index is 0.318. The van der Waals surface area contributed by atoms with Gasteiger partial charge in [0.1, 0.15) is 0 Å². The number of halogens is 1. The first-order valence-corrected chi connectivity index (χ1v) is 8.82. The van der Waals surface area contributed by atoms with Crippen LogP contribution in [0.2, 0.25) is 5.02 Å². The van der Waals surface area contributed by atoms with Gasteiger partial charge in [-0.05, 0) is 49.7 Å². The molecule has 0 bridgehead atoms. The largest absolute Gasteiger partial charge is 0.462 e. The van der Waals surface area contributed by atoms with Crippen molar-refractivity contribution in [3.63, 3.8) is 0 Å². The zero-order chi connectivity index (χ0) is 18.0. The van der Waals surface area contributed by atoms with Crippen LogP contribution in [0.15, 0.2) is 36.4 Å². The lowest BCUT2D eigenvalue weighted by Gasteiger charge is -2.04. The molecule has 3 rings (SSSR count). The number of esters is 1. The number of amides is 1. The summed E-state index contributed by atoms with van der Waals surface area (Å²) in [5, 5.41) is 3.58. The smallest absolute Gasteiger partial charge is 0.338 e. The van der Waals surface area contributed by atoms with Crippen LogP contribution in [0.5, 0.6) is 0 Å². The summed E-state index contributed by atoms with van der Waals surface area (Å²) >= 11 is 7.41.